The van der Waals surface area contributed by atoms with E-state index < -0.39 is 5.91 Å². The van der Waals surface area contributed by atoms with Gasteiger partial charge in [0.25, 0.3) is 5.91 Å². The third kappa shape index (κ3) is 4.92. The average Bonchev–Trinajstić information content (AvgIpc) is 3.19. The molecular formula is C15H18BrN3O3S. The number of nitrogens with zero attached hydrogens (tertiary/aromatic N) is 1. The van der Waals surface area contributed by atoms with E-state index in [1.165, 1.54) is 11.3 Å². The van der Waals surface area contributed by atoms with Crippen LogP contribution in [0.3, 0.4) is 0 Å². The lowest BCUT2D eigenvalue weighted by Crippen LogP contribution is -2.41. The number of hydrazine groups is 1. The van der Waals surface area contributed by atoms with Crippen LogP contribution in [0.5, 0.6) is 0 Å². The summed E-state index contributed by atoms with van der Waals surface area (Å²) in [6.45, 7) is 6.60. The van der Waals surface area contributed by atoms with Crippen LogP contribution in [-0.4, -0.2) is 29.8 Å². The largest absolute Gasteiger partial charge is 0.454 e. The molecule has 0 atom stereocenters. The Labute approximate surface area is 146 Å². The van der Waals surface area contributed by atoms with Gasteiger partial charge < -0.3 is 4.42 Å². The maximum atomic E-state index is 12.0. The minimum atomic E-state index is -0.486. The average molecular weight is 400 g/mol. The number of hydrogen-bond donors (Lipinski definition) is 2. The Morgan fingerprint density at radius 1 is 1.13 bits per heavy atom. The first kappa shape index (κ1) is 17.7. The number of amides is 2. The highest BCUT2D eigenvalue weighted by molar-refractivity contribution is 9.11. The van der Waals surface area contributed by atoms with Gasteiger partial charge >= 0.3 is 5.91 Å². The highest BCUT2D eigenvalue weighted by Gasteiger charge is 2.14. The van der Waals surface area contributed by atoms with E-state index in [1.54, 1.807) is 24.3 Å². The van der Waals surface area contributed by atoms with Crippen LogP contribution < -0.4 is 10.9 Å². The van der Waals surface area contributed by atoms with Gasteiger partial charge in [-0.15, -0.1) is 11.3 Å². The summed E-state index contributed by atoms with van der Waals surface area (Å²) in [7, 11) is 0. The SMILES string of the molecule is CCN(CC)Cc1ccc(C(=O)NNC(=O)c2ccc(Br)s2)o1. The van der Waals surface area contributed by atoms with Crippen molar-refractivity contribution in [2.24, 2.45) is 0 Å². The molecule has 124 valence electrons. The summed E-state index contributed by atoms with van der Waals surface area (Å²) < 4.78 is 6.36. The molecule has 2 rings (SSSR count). The Balaban J connectivity index is 1.88. The maximum Gasteiger partial charge on any atom is 0.305 e. The summed E-state index contributed by atoms with van der Waals surface area (Å²) in [6.07, 6.45) is 0. The Bertz CT molecular complexity index is 679. The third-order valence-electron chi connectivity index (χ3n) is 3.25. The fourth-order valence-corrected chi connectivity index (χ4v) is 3.21. The van der Waals surface area contributed by atoms with Crippen LogP contribution in [0, 0.1) is 0 Å². The molecule has 2 aromatic rings. The summed E-state index contributed by atoms with van der Waals surface area (Å²) in [5.74, 6) is 0.0240. The van der Waals surface area contributed by atoms with Gasteiger partial charge in [-0.2, -0.15) is 0 Å². The molecule has 0 fully saturated rings. The molecule has 2 amide bonds. The molecule has 0 radical (unpaired) electrons. The fraction of sp³-hybridized carbons (Fsp3) is 0.333. The lowest BCUT2D eigenvalue weighted by molar-refractivity contribution is 0.0830. The second-order valence-corrected chi connectivity index (χ2v) is 7.20. The molecule has 2 aromatic heterocycles. The Morgan fingerprint density at radius 2 is 1.83 bits per heavy atom. The number of hydrogen-bond acceptors (Lipinski definition) is 5. The van der Waals surface area contributed by atoms with Gasteiger partial charge in [-0.05, 0) is 53.3 Å². The lowest BCUT2D eigenvalue weighted by Gasteiger charge is -2.15. The highest BCUT2D eigenvalue weighted by Crippen LogP contribution is 2.21. The van der Waals surface area contributed by atoms with E-state index in [2.05, 4.69) is 45.5 Å². The molecule has 0 bridgehead atoms. The number of carbonyl (C=O) groups is 2. The first-order valence-electron chi connectivity index (χ1n) is 7.20. The van der Waals surface area contributed by atoms with E-state index in [4.69, 9.17) is 4.42 Å². The summed E-state index contributed by atoms with van der Waals surface area (Å²) in [4.78, 5) is 26.5. The predicted octanol–water partition coefficient (Wildman–Crippen LogP) is 3.02. The second-order valence-electron chi connectivity index (χ2n) is 4.74. The molecular weight excluding hydrogens is 382 g/mol. The van der Waals surface area contributed by atoms with Crippen molar-refractivity contribution in [2.75, 3.05) is 13.1 Å². The van der Waals surface area contributed by atoms with Crippen molar-refractivity contribution >= 4 is 39.1 Å². The number of thiophene rings is 1. The minimum Gasteiger partial charge on any atom is -0.454 e. The van der Waals surface area contributed by atoms with Crippen LogP contribution in [0.15, 0.2) is 32.5 Å². The zero-order valence-corrected chi connectivity index (χ0v) is 15.3. The molecule has 0 saturated carbocycles. The van der Waals surface area contributed by atoms with Crippen LogP contribution >= 0.6 is 27.3 Å². The van der Waals surface area contributed by atoms with Crippen molar-refractivity contribution in [1.29, 1.82) is 0 Å². The van der Waals surface area contributed by atoms with Crippen molar-refractivity contribution in [3.8, 4) is 0 Å². The predicted molar refractivity (Wildman–Crippen MR) is 92.3 cm³/mol. The topological polar surface area (TPSA) is 74.6 Å². The lowest BCUT2D eigenvalue weighted by atomic mass is 10.4. The molecule has 0 aliphatic rings. The van der Waals surface area contributed by atoms with Gasteiger partial charge in [0.1, 0.15) is 5.76 Å². The smallest absolute Gasteiger partial charge is 0.305 e. The van der Waals surface area contributed by atoms with Gasteiger partial charge in [0.15, 0.2) is 5.76 Å². The maximum absolute atomic E-state index is 12.0. The third-order valence-corrected chi connectivity index (χ3v) is 4.87. The van der Waals surface area contributed by atoms with E-state index in [1.807, 2.05) is 0 Å². The van der Waals surface area contributed by atoms with Crippen molar-refractivity contribution in [1.82, 2.24) is 15.8 Å². The van der Waals surface area contributed by atoms with Gasteiger partial charge in [-0.25, -0.2) is 0 Å². The molecule has 0 aromatic carbocycles. The van der Waals surface area contributed by atoms with Gasteiger partial charge in [0.2, 0.25) is 0 Å². The van der Waals surface area contributed by atoms with E-state index in [0.717, 1.165) is 16.9 Å². The Kier molecular flexibility index (Phi) is 6.37. The second kappa shape index (κ2) is 8.28. The monoisotopic (exact) mass is 399 g/mol. The minimum absolute atomic E-state index is 0.166. The molecule has 0 saturated heterocycles. The number of rotatable bonds is 6. The van der Waals surface area contributed by atoms with Crippen molar-refractivity contribution < 1.29 is 14.0 Å². The van der Waals surface area contributed by atoms with E-state index >= 15 is 0 Å². The highest BCUT2D eigenvalue weighted by atomic mass is 79.9. The van der Waals surface area contributed by atoms with Gasteiger partial charge in [-0.1, -0.05) is 13.8 Å². The zero-order valence-electron chi connectivity index (χ0n) is 12.9. The van der Waals surface area contributed by atoms with Crippen LogP contribution in [0.25, 0.3) is 0 Å². The molecule has 8 heteroatoms. The molecule has 0 aliphatic carbocycles. The van der Waals surface area contributed by atoms with Crippen LogP contribution in [0.1, 0.15) is 39.8 Å². The fourth-order valence-electron chi connectivity index (χ4n) is 1.93. The normalized spacial score (nSPS) is 10.8. The van der Waals surface area contributed by atoms with E-state index in [-0.39, 0.29) is 11.7 Å². The van der Waals surface area contributed by atoms with E-state index in [9.17, 15) is 9.59 Å². The standard InChI is InChI=1S/C15H18BrN3O3S/c1-3-19(4-2)9-10-5-6-11(22-10)14(20)17-18-15(21)12-7-8-13(16)23-12/h5-8H,3-4,9H2,1-2H3,(H,17,20)(H,18,21). The van der Waals surface area contributed by atoms with Crippen molar-refractivity contribution in [3.05, 3.63) is 44.4 Å². The molecule has 2 heterocycles. The van der Waals surface area contributed by atoms with Crippen LogP contribution in [0.4, 0.5) is 0 Å². The van der Waals surface area contributed by atoms with Gasteiger partial charge in [-0.3, -0.25) is 25.3 Å². The molecule has 23 heavy (non-hydrogen) atoms. The number of halogens is 1. The van der Waals surface area contributed by atoms with Crippen LogP contribution in [-0.2, 0) is 6.54 Å². The number of furan rings is 1. The summed E-state index contributed by atoms with van der Waals surface area (Å²) in [5.41, 5.74) is 4.71. The van der Waals surface area contributed by atoms with Crippen molar-refractivity contribution in [3.63, 3.8) is 0 Å². The molecule has 2 N–H and O–H groups in total. The molecule has 0 unspecified atom stereocenters. The van der Waals surface area contributed by atoms with Crippen molar-refractivity contribution in [2.45, 2.75) is 20.4 Å². The number of nitrogens with one attached hydrogen (secondary N) is 2. The Morgan fingerprint density at radius 3 is 2.43 bits per heavy atom. The molecule has 0 aliphatic heterocycles. The summed E-state index contributed by atoms with van der Waals surface area (Å²) in [5, 5.41) is 0. The molecule has 6 nitrogen and oxygen atoms in total. The summed E-state index contributed by atoms with van der Waals surface area (Å²) >= 11 is 4.57. The first-order valence-corrected chi connectivity index (χ1v) is 8.81. The van der Waals surface area contributed by atoms with Gasteiger partial charge in [0.05, 0.1) is 15.2 Å². The van der Waals surface area contributed by atoms with Crippen LogP contribution in [0.2, 0.25) is 0 Å². The summed E-state index contributed by atoms with van der Waals surface area (Å²) in [6, 6.07) is 6.81. The Hall–Kier alpha value is -1.64. The van der Waals surface area contributed by atoms with Gasteiger partial charge in [0, 0.05) is 0 Å². The number of carbonyl (C=O) groups excluding carboxylic acids is 2. The first-order chi connectivity index (χ1) is 11.0. The van der Waals surface area contributed by atoms with E-state index in [0.29, 0.717) is 17.2 Å². The zero-order chi connectivity index (χ0) is 16.8. The molecule has 0 spiro atoms. The quantitative estimate of drug-likeness (QED) is 0.732.